The van der Waals surface area contributed by atoms with Crippen LogP contribution in [-0.2, 0) is 0 Å². The van der Waals surface area contributed by atoms with Crippen molar-refractivity contribution in [2.75, 3.05) is 5.32 Å². The van der Waals surface area contributed by atoms with E-state index >= 15 is 0 Å². The second kappa shape index (κ2) is 6.14. The van der Waals surface area contributed by atoms with Crippen LogP contribution in [0.4, 0.5) is 11.4 Å². The first-order valence-corrected chi connectivity index (χ1v) is 6.80. The third-order valence-corrected chi connectivity index (χ3v) is 3.25. The van der Waals surface area contributed by atoms with E-state index in [1.54, 1.807) is 18.2 Å². The smallest absolute Gasteiger partial charge is 0.300 e. The second-order valence-corrected chi connectivity index (χ2v) is 5.38. The summed E-state index contributed by atoms with van der Waals surface area (Å²) in [5.74, 6) is -0.608. The average Bonchev–Trinajstić information content (AvgIpc) is 2.38. The molecule has 0 spiro atoms. The number of nitrogens with zero attached hydrogens (tertiary/aromatic N) is 2. The summed E-state index contributed by atoms with van der Waals surface area (Å²) in [5.41, 5.74) is 0.0236. The van der Waals surface area contributed by atoms with Crippen molar-refractivity contribution in [3.05, 3.63) is 60.9 Å². The van der Waals surface area contributed by atoms with Crippen LogP contribution in [0.5, 0.6) is 0 Å². The highest BCUT2D eigenvalue weighted by Crippen LogP contribution is 2.22. The third-order valence-electron chi connectivity index (χ3n) is 2.37. The number of benzene rings is 1. The van der Waals surface area contributed by atoms with Crippen LogP contribution in [0.2, 0.25) is 5.15 Å². The highest BCUT2D eigenvalue weighted by atomic mass is 127. The topological polar surface area (TPSA) is 85.1 Å². The Balaban J connectivity index is 2.34. The quantitative estimate of drug-likeness (QED) is 0.368. The van der Waals surface area contributed by atoms with Crippen molar-refractivity contribution in [1.29, 1.82) is 0 Å². The lowest BCUT2D eigenvalue weighted by Crippen LogP contribution is -2.14. The summed E-state index contributed by atoms with van der Waals surface area (Å²) in [7, 11) is 0. The summed E-state index contributed by atoms with van der Waals surface area (Å²) in [6.07, 6.45) is 0.964. The number of halogens is 2. The molecule has 6 nitrogen and oxygen atoms in total. The molecule has 0 aliphatic rings. The van der Waals surface area contributed by atoms with Crippen LogP contribution in [0, 0.1) is 13.7 Å². The molecule has 1 aromatic carbocycles. The largest absolute Gasteiger partial charge is 0.322 e. The van der Waals surface area contributed by atoms with E-state index in [0.29, 0.717) is 5.69 Å². The summed E-state index contributed by atoms with van der Waals surface area (Å²) in [6, 6.07) is 8.23. The molecule has 1 N–H and O–H groups in total. The summed E-state index contributed by atoms with van der Waals surface area (Å²) >= 11 is 7.78. The molecule has 1 heterocycles. The first kappa shape index (κ1) is 14.7. The third kappa shape index (κ3) is 3.42. The predicted molar refractivity (Wildman–Crippen MR) is 83.0 cm³/mol. The van der Waals surface area contributed by atoms with Gasteiger partial charge < -0.3 is 5.32 Å². The molecular formula is C12H7ClIN3O3. The predicted octanol–water partition coefficient (Wildman–Crippen LogP) is 3.50. The fraction of sp³-hybridized carbons (Fsp3) is 0. The number of amides is 1. The number of nitrogens with one attached hydrogen (secondary N) is 1. The first-order valence-electron chi connectivity index (χ1n) is 5.34. The number of carbonyl (C=O) groups excluding carboxylic acids is 1. The van der Waals surface area contributed by atoms with Crippen molar-refractivity contribution in [2.24, 2.45) is 0 Å². The van der Waals surface area contributed by atoms with Gasteiger partial charge in [0, 0.05) is 9.26 Å². The molecule has 0 radical (unpaired) electrons. The van der Waals surface area contributed by atoms with Gasteiger partial charge in [0.1, 0.15) is 16.9 Å². The molecule has 0 saturated carbocycles. The lowest BCUT2D eigenvalue weighted by Gasteiger charge is -2.06. The van der Waals surface area contributed by atoms with Gasteiger partial charge in [-0.25, -0.2) is 4.98 Å². The molecule has 20 heavy (non-hydrogen) atoms. The SMILES string of the molecule is O=C(Nc1cccc(I)c1)c1cc(Cl)ncc1[N+](=O)[O-]. The van der Waals surface area contributed by atoms with Crippen molar-refractivity contribution >= 4 is 51.5 Å². The Morgan fingerprint density at radius 1 is 1.40 bits per heavy atom. The molecule has 0 unspecified atom stereocenters. The number of hydrogen-bond acceptors (Lipinski definition) is 4. The Morgan fingerprint density at radius 3 is 2.80 bits per heavy atom. The van der Waals surface area contributed by atoms with E-state index in [-0.39, 0.29) is 10.7 Å². The van der Waals surface area contributed by atoms with Crippen molar-refractivity contribution in [3.8, 4) is 0 Å². The van der Waals surface area contributed by atoms with Crippen molar-refractivity contribution in [2.45, 2.75) is 0 Å². The molecule has 0 saturated heterocycles. The van der Waals surface area contributed by atoms with Gasteiger partial charge in [0.25, 0.3) is 11.6 Å². The van der Waals surface area contributed by atoms with Gasteiger partial charge >= 0.3 is 0 Å². The molecule has 0 atom stereocenters. The minimum atomic E-state index is -0.674. The van der Waals surface area contributed by atoms with Crippen LogP contribution in [0.15, 0.2) is 36.5 Å². The molecule has 0 aliphatic heterocycles. The van der Waals surface area contributed by atoms with Crippen molar-refractivity contribution < 1.29 is 9.72 Å². The molecule has 2 aromatic rings. The Labute approximate surface area is 132 Å². The average molecular weight is 404 g/mol. The molecule has 1 aromatic heterocycles. The van der Waals surface area contributed by atoms with E-state index in [1.807, 2.05) is 6.07 Å². The number of hydrogen-bond donors (Lipinski definition) is 1. The van der Waals surface area contributed by atoms with E-state index in [4.69, 9.17) is 11.6 Å². The van der Waals surface area contributed by atoms with Gasteiger partial charge in [-0.2, -0.15) is 0 Å². The number of aromatic nitrogens is 1. The minimum absolute atomic E-state index is 0.0170. The summed E-state index contributed by atoms with van der Waals surface area (Å²) in [4.78, 5) is 25.9. The van der Waals surface area contributed by atoms with Crippen LogP contribution in [0.25, 0.3) is 0 Å². The molecule has 2 rings (SSSR count). The monoisotopic (exact) mass is 403 g/mol. The van der Waals surface area contributed by atoms with Crippen LogP contribution in [0.1, 0.15) is 10.4 Å². The maximum atomic E-state index is 12.1. The fourth-order valence-electron chi connectivity index (χ4n) is 1.51. The van der Waals surface area contributed by atoms with Gasteiger partial charge in [-0.1, -0.05) is 17.7 Å². The summed E-state index contributed by atoms with van der Waals surface area (Å²) in [6.45, 7) is 0. The second-order valence-electron chi connectivity index (χ2n) is 3.75. The zero-order valence-corrected chi connectivity index (χ0v) is 12.8. The van der Waals surface area contributed by atoms with Gasteiger partial charge in [-0.15, -0.1) is 0 Å². The molecule has 1 amide bonds. The Bertz CT molecular complexity index is 693. The van der Waals surface area contributed by atoms with Gasteiger partial charge in [-0.3, -0.25) is 14.9 Å². The van der Waals surface area contributed by atoms with Crippen LogP contribution >= 0.6 is 34.2 Å². The summed E-state index contributed by atoms with van der Waals surface area (Å²) in [5, 5.41) is 13.5. The Kier molecular flexibility index (Phi) is 4.50. The molecule has 0 aliphatic carbocycles. The number of rotatable bonds is 3. The van der Waals surface area contributed by atoms with E-state index in [1.165, 1.54) is 6.07 Å². The number of nitro groups is 1. The zero-order valence-electron chi connectivity index (χ0n) is 9.84. The first-order chi connectivity index (χ1) is 9.47. The standard InChI is InChI=1S/C12H7ClIN3O3/c13-11-5-9(10(6-15-11)17(19)20)12(18)16-8-3-1-2-7(14)4-8/h1-6H,(H,16,18). The van der Waals surface area contributed by atoms with E-state index < -0.39 is 16.5 Å². The van der Waals surface area contributed by atoms with Crippen molar-refractivity contribution in [3.63, 3.8) is 0 Å². The zero-order chi connectivity index (χ0) is 14.7. The molecule has 102 valence electrons. The number of pyridine rings is 1. The molecule has 8 heteroatoms. The van der Waals surface area contributed by atoms with Crippen molar-refractivity contribution in [1.82, 2.24) is 4.98 Å². The molecule has 0 fully saturated rings. The van der Waals surface area contributed by atoms with E-state index in [0.717, 1.165) is 9.77 Å². The number of carbonyl (C=O) groups is 1. The van der Waals surface area contributed by atoms with E-state index in [2.05, 4.69) is 32.9 Å². The maximum Gasteiger partial charge on any atom is 0.300 e. The Morgan fingerprint density at radius 2 is 2.15 bits per heavy atom. The summed E-state index contributed by atoms with van der Waals surface area (Å²) < 4.78 is 0.933. The minimum Gasteiger partial charge on any atom is -0.322 e. The van der Waals surface area contributed by atoms with Crippen LogP contribution in [0.3, 0.4) is 0 Å². The fourth-order valence-corrected chi connectivity index (χ4v) is 2.22. The van der Waals surface area contributed by atoms with Gasteiger partial charge in [0.15, 0.2) is 0 Å². The van der Waals surface area contributed by atoms with Crippen LogP contribution < -0.4 is 5.32 Å². The highest BCUT2D eigenvalue weighted by molar-refractivity contribution is 14.1. The van der Waals surface area contributed by atoms with Gasteiger partial charge in [0.05, 0.1) is 4.92 Å². The normalized spacial score (nSPS) is 10.1. The molecule has 0 bridgehead atoms. The lowest BCUT2D eigenvalue weighted by atomic mass is 10.2. The van der Waals surface area contributed by atoms with E-state index in [9.17, 15) is 14.9 Å². The van der Waals surface area contributed by atoms with Crippen LogP contribution in [-0.4, -0.2) is 15.8 Å². The maximum absolute atomic E-state index is 12.1. The Hall–Kier alpha value is -1.74. The molecular weight excluding hydrogens is 397 g/mol. The lowest BCUT2D eigenvalue weighted by molar-refractivity contribution is -0.385. The van der Waals surface area contributed by atoms with Gasteiger partial charge in [-0.05, 0) is 46.9 Å². The van der Waals surface area contributed by atoms with Gasteiger partial charge in [0.2, 0.25) is 0 Å². The number of anilines is 1. The highest BCUT2D eigenvalue weighted by Gasteiger charge is 2.21.